The van der Waals surface area contributed by atoms with Gasteiger partial charge in [-0.15, -0.1) is 5.10 Å². The van der Waals surface area contributed by atoms with Crippen LogP contribution in [0.15, 0.2) is 84.0 Å². The first kappa shape index (κ1) is 15.8. The van der Waals surface area contributed by atoms with Gasteiger partial charge in [-0.05, 0) is 48.5 Å². The molecule has 4 nitrogen and oxygen atoms in total. The largest absolute Gasteiger partial charge is 0.259 e. The topological polar surface area (TPSA) is 30.9 Å². The van der Waals surface area contributed by atoms with Crippen LogP contribution in [-0.4, -0.2) is 5.84 Å². The van der Waals surface area contributed by atoms with Crippen LogP contribution in [0.1, 0.15) is 5.56 Å². The zero-order valence-corrected chi connectivity index (χ0v) is 14.6. The van der Waals surface area contributed by atoms with E-state index in [1.54, 1.807) is 5.12 Å². The van der Waals surface area contributed by atoms with Crippen LogP contribution >= 0.6 is 23.2 Å². The summed E-state index contributed by atoms with van der Waals surface area (Å²) in [4.78, 5) is 0. The molecule has 0 unspecified atom stereocenters. The molecule has 0 amide bonds. The number of nitrogens with zero attached hydrogens (tertiary/aromatic N) is 3. The molecule has 1 N–H and O–H groups in total. The molecule has 124 valence electrons. The molecule has 0 aliphatic carbocycles. The Morgan fingerprint density at radius 2 is 1.24 bits per heavy atom. The minimum atomic E-state index is 0.682. The molecule has 3 aromatic carbocycles. The Morgan fingerprint density at radius 1 is 0.680 bits per heavy atom. The standard InChI is InChI=1S/C19H14Cl2N4/c20-15-6-10-17(11-7-15)24-22-19(14-4-2-1-3-5-14)23-25(24)18-12-8-16(21)9-13-18/h1-13H,(H,22,23). The monoisotopic (exact) mass is 368 g/mol. The van der Waals surface area contributed by atoms with Crippen LogP contribution < -0.4 is 15.7 Å². The van der Waals surface area contributed by atoms with Gasteiger partial charge < -0.3 is 0 Å². The molecule has 0 spiro atoms. The lowest BCUT2D eigenvalue weighted by atomic mass is 10.2. The van der Waals surface area contributed by atoms with E-state index in [4.69, 9.17) is 28.3 Å². The molecule has 6 heteroatoms. The second kappa shape index (κ2) is 6.67. The van der Waals surface area contributed by atoms with Gasteiger partial charge in [0.1, 0.15) is 0 Å². The van der Waals surface area contributed by atoms with Crippen LogP contribution in [-0.2, 0) is 0 Å². The fourth-order valence-corrected chi connectivity index (χ4v) is 2.78. The van der Waals surface area contributed by atoms with Crippen molar-refractivity contribution in [1.82, 2.24) is 5.43 Å². The van der Waals surface area contributed by atoms with E-state index < -0.39 is 0 Å². The van der Waals surface area contributed by atoms with Crippen molar-refractivity contribution < 1.29 is 0 Å². The van der Waals surface area contributed by atoms with Gasteiger partial charge >= 0.3 is 0 Å². The number of hydrogen-bond acceptors (Lipinski definition) is 4. The van der Waals surface area contributed by atoms with Crippen molar-refractivity contribution in [2.75, 3.05) is 10.2 Å². The van der Waals surface area contributed by atoms with Crippen molar-refractivity contribution in [3.63, 3.8) is 0 Å². The summed E-state index contributed by atoms with van der Waals surface area (Å²) in [6.07, 6.45) is 0. The van der Waals surface area contributed by atoms with Gasteiger partial charge in [-0.1, -0.05) is 53.5 Å². The molecular formula is C19H14Cl2N4. The summed E-state index contributed by atoms with van der Waals surface area (Å²) in [5.41, 5.74) is 6.14. The zero-order chi connectivity index (χ0) is 17.2. The molecule has 0 fully saturated rings. The quantitative estimate of drug-likeness (QED) is 0.697. The van der Waals surface area contributed by atoms with Gasteiger partial charge in [-0.2, -0.15) is 10.2 Å². The Kier molecular flexibility index (Phi) is 4.22. The van der Waals surface area contributed by atoms with E-state index in [-0.39, 0.29) is 0 Å². The molecule has 0 saturated heterocycles. The van der Waals surface area contributed by atoms with E-state index >= 15 is 0 Å². The highest BCUT2D eigenvalue weighted by Gasteiger charge is 2.26. The number of hydrazine groups is 2. The summed E-state index contributed by atoms with van der Waals surface area (Å²) >= 11 is 12.0. The number of benzene rings is 3. The second-order valence-corrected chi connectivity index (χ2v) is 6.35. The van der Waals surface area contributed by atoms with E-state index in [0.29, 0.717) is 10.0 Å². The second-order valence-electron chi connectivity index (χ2n) is 5.48. The molecule has 0 atom stereocenters. The number of anilines is 2. The van der Waals surface area contributed by atoms with Gasteiger partial charge in [0.2, 0.25) is 0 Å². The number of rotatable bonds is 3. The van der Waals surface area contributed by atoms with Crippen molar-refractivity contribution in [3.05, 3.63) is 94.5 Å². The lowest BCUT2D eigenvalue weighted by Crippen LogP contribution is -2.44. The van der Waals surface area contributed by atoms with Crippen molar-refractivity contribution in [2.45, 2.75) is 0 Å². The van der Waals surface area contributed by atoms with Crippen LogP contribution in [0.5, 0.6) is 0 Å². The first-order chi connectivity index (χ1) is 12.2. The highest BCUT2D eigenvalue weighted by Crippen LogP contribution is 2.27. The molecule has 0 aromatic heterocycles. The summed E-state index contributed by atoms with van der Waals surface area (Å²) in [6, 6.07) is 25.0. The van der Waals surface area contributed by atoms with Crippen molar-refractivity contribution in [3.8, 4) is 0 Å². The van der Waals surface area contributed by atoms with Crippen LogP contribution in [0.4, 0.5) is 11.4 Å². The van der Waals surface area contributed by atoms with Gasteiger partial charge in [0.15, 0.2) is 5.84 Å². The van der Waals surface area contributed by atoms with Gasteiger partial charge in [0.25, 0.3) is 0 Å². The minimum absolute atomic E-state index is 0.682. The highest BCUT2D eigenvalue weighted by atomic mass is 35.5. The van der Waals surface area contributed by atoms with Crippen LogP contribution in [0.3, 0.4) is 0 Å². The third-order valence-electron chi connectivity index (χ3n) is 3.77. The Morgan fingerprint density at radius 3 is 1.84 bits per heavy atom. The van der Waals surface area contributed by atoms with E-state index in [9.17, 15) is 0 Å². The molecule has 1 aliphatic heterocycles. The average Bonchev–Trinajstić information content (AvgIpc) is 3.09. The lowest BCUT2D eigenvalue weighted by molar-refractivity contribution is 0.771. The van der Waals surface area contributed by atoms with Crippen molar-refractivity contribution >= 4 is 40.4 Å². The van der Waals surface area contributed by atoms with E-state index in [1.165, 1.54) is 0 Å². The van der Waals surface area contributed by atoms with E-state index in [2.05, 4.69) is 5.43 Å². The number of nitrogens with one attached hydrogen (secondary N) is 1. The first-order valence-corrected chi connectivity index (χ1v) is 8.48. The van der Waals surface area contributed by atoms with Gasteiger partial charge in [-0.25, -0.2) is 0 Å². The number of hydrazone groups is 1. The third kappa shape index (κ3) is 3.27. The predicted octanol–water partition coefficient (Wildman–Crippen LogP) is 5.10. The Labute approximate surface area is 155 Å². The fraction of sp³-hybridized carbons (Fsp3) is 0. The minimum Gasteiger partial charge on any atom is -0.259 e. The summed E-state index contributed by atoms with van der Waals surface area (Å²) in [5.74, 6) is 0.755. The van der Waals surface area contributed by atoms with Crippen molar-refractivity contribution in [2.24, 2.45) is 5.10 Å². The Hall–Kier alpha value is -2.69. The predicted molar refractivity (Wildman–Crippen MR) is 104 cm³/mol. The van der Waals surface area contributed by atoms with Crippen LogP contribution in [0.25, 0.3) is 0 Å². The third-order valence-corrected chi connectivity index (χ3v) is 4.28. The zero-order valence-electron chi connectivity index (χ0n) is 13.1. The maximum absolute atomic E-state index is 6.02. The molecular weight excluding hydrogens is 355 g/mol. The molecule has 1 aliphatic rings. The lowest BCUT2D eigenvalue weighted by Gasteiger charge is -2.28. The van der Waals surface area contributed by atoms with Crippen LogP contribution in [0, 0.1) is 0 Å². The van der Waals surface area contributed by atoms with Gasteiger partial charge in [0.05, 0.1) is 11.4 Å². The smallest absolute Gasteiger partial charge is 0.176 e. The summed E-state index contributed by atoms with van der Waals surface area (Å²) in [6.45, 7) is 0. The summed E-state index contributed by atoms with van der Waals surface area (Å²) < 4.78 is 0. The van der Waals surface area contributed by atoms with Gasteiger partial charge in [0, 0.05) is 15.6 Å². The normalized spacial score (nSPS) is 13.6. The SMILES string of the molecule is Clc1ccc(N2N=C(c3ccccc3)NN2c2ccc(Cl)cc2)cc1. The molecule has 0 radical (unpaired) electrons. The number of amidine groups is 1. The maximum Gasteiger partial charge on any atom is 0.176 e. The van der Waals surface area contributed by atoms with Crippen molar-refractivity contribution in [1.29, 1.82) is 0 Å². The maximum atomic E-state index is 6.02. The molecule has 1 heterocycles. The Bertz CT molecular complexity index is 893. The number of hydrogen-bond donors (Lipinski definition) is 1. The molecule has 3 aromatic rings. The average molecular weight is 369 g/mol. The Balaban J connectivity index is 1.74. The molecule has 4 rings (SSSR count). The van der Waals surface area contributed by atoms with Gasteiger partial charge in [-0.3, -0.25) is 5.43 Å². The highest BCUT2D eigenvalue weighted by molar-refractivity contribution is 6.31. The number of halogens is 2. The summed E-state index contributed by atoms with van der Waals surface area (Å²) in [7, 11) is 0. The first-order valence-electron chi connectivity index (χ1n) is 7.73. The molecule has 25 heavy (non-hydrogen) atoms. The van der Waals surface area contributed by atoms with E-state index in [0.717, 1.165) is 22.8 Å². The summed E-state index contributed by atoms with van der Waals surface area (Å²) in [5, 5.41) is 9.75. The molecule has 0 saturated carbocycles. The van der Waals surface area contributed by atoms with Crippen LogP contribution in [0.2, 0.25) is 10.0 Å². The van der Waals surface area contributed by atoms with E-state index in [1.807, 2.05) is 84.0 Å². The fourth-order valence-electron chi connectivity index (χ4n) is 2.53. The molecule has 0 bridgehead atoms.